The van der Waals surface area contributed by atoms with Crippen molar-refractivity contribution in [1.29, 1.82) is 5.26 Å². The van der Waals surface area contributed by atoms with Gasteiger partial charge in [-0.3, -0.25) is 0 Å². The highest BCUT2D eigenvalue weighted by atomic mass is 32.2. The molecule has 110 valence electrons. The molecule has 0 aliphatic rings. The highest BCUT2D eigenvalue weighted by Crippen LogP contribution is 2.19. The number of nitrogens with two attached hydrogens (primary N) is 1. The molecule has 4 N–H and O–H groups in total. The smallest absolute Gasteiger partial charge is 0.209 e. The Hall–Kier alpha value is -1.78. The molecule has 0 aliphatic heterocycles. The predicted molar refractivity (Wildman–Crippen MR) is 80.7 cm³/mol. The molecule has 0 amide bonds. The third-order valence-electron chi connectivity index (χ3n) is 2.61. The number of nitrogens with zero attached hydrogens (tertiary/aromatic N) is 1. The van der Waals surface area contributed by atoms with Gasteiger partial charge in [0.1, 0.15) is 0 Å². The summed E-state index contributed by atoms with van der Waals surface area (Å²) in [7, 11) is -3.26. The number of nitriles is 1. The van der Waals surface area contributed by atoms with Crippen LogP contribution in [-0.4, -0.2) is 26.8 Å². The summed E-state index contributed by atoms with van der Waals surface area (Å²) in [5, 5.41) is 11.9. The van der Waals surface area contributed by atoms with E-state index in [2.05, 4.69) is 16.1 Å². The van der Waals surface area contributed by atoms with Crippen LogP contribution in [0, 0.1) is 11.3 Å². The van der Waals surface area contributed by atoms with Crippen molar-refractivity contribution in [3.63, 3.8) is 0 Å². The monoisotopic (exact) mass is 296 g/mol. The van der Waals surface area contributed by atoms with Crippen LogP contribution in [0.4, 0.5) is 11.4 Å². The zero-order valence-corrected chi connectivity index (χ0v) is 12.7. The lowest BCUT2D eigenvalue weighted by Crippen LogP contribution is -2.47. The minimum absolute atomic E-state index is 0.242. The number of anilines is 2. The van der Waals surface area contributed by atoms with Crippen LogP contribution in [0.3, 0.4) is 0 Å². The van der Waals surface area contributed by atoms with E-state index >= 15 is 0 Å². The van der Waals surface area contributed by atoms with Crippen molar-refractivity contribution in [3.8, 4) is 6.07 Å². The first-order valence-corrected chi connectivity index (χ1v) is 8.00. The lowest BCUT2D eigenvalue weighted by molar-refractivity contribution is 0.476. The molecular weight excluding hydrogens is 276 g/mol. The van der Waals surface area contributed by atoms with E-state index in [9.17, 15) is 8.42 Å². The van der Waals surface area contributed by atoms with Gasteiger partial charge in [-0.2, -0.15) is 5.26 Å². The van der Waals surface area contributed by atoms with Crippen LogP contribution >= 0.6 is 0 Å². The molecule has 0 atom stereocenters. The molecule has 0 bridgehead atoms. The summed E-state index contributed by atoms with van der Waals surface area (Å²) in [6, 6.07) is 7.38. The summed E-state index contributed by atoms with van der Waals surface area (Å²) in [5.74, 6) is 0. The van der Waals surface area contributed by atoms with Gasteiger partial charge in [0.2, 0.25) is 10.0 Å². The molecule has 0 unspecified atom stereocenters. The van der Waals surface area contributed by atoms with Gasteiger partial charge >= 0.3 is 0 Å². The fourth-order valence-electron chi connectivity index (χ4n) is 1.81. The number of nitrogens with one attached hydrogen (secondary N) is 2. The molecule has 0 saturated heterocycles. The molecule has 0 fully saturated rings. The first-order valence-electron chi connectivity index (χ1n) is 6.11. The molecular formula is C13H20N4O2S. The first-order chi connectivity index (χ1) is 9.13. The molecule has 0 saturated carbocycles. The lowest BCUT2D eigenvalue weighted by Gasteiger charge is -2.26. The summed E-state index contributed by atoms with van der Waals surface area (Å²) >= 11 is 0. The topological polar surface area (TPSA) is 108 Å². The van der Waals surface area contributed by atoms with Gasteiger partial charge in [-0.05, 0) is 37.6 Å². The van der Waals surface area contributed by atoms with E-state index in [0.29, 0.717) is 12.2 Å². The van der Waals surface area contributed by atoms with Crippen LogP contribution in [0.15, 0.2) is 18.2 Å². The van der Waals surface area contributed by atoms with E-state index in [4.69, 9.17) is 11.0 Å². The van der Waals surface area contributed by atoms with Crippen LogP contribution in [0.5, 0.6) is 0 Å². The van der Waals surface area contributed by atoms with Gasteiger partial charge in [0.15, 0.2) is 0 Å². The second kappa shape index (κ2) is 6.11. The zero-order valence-electron chi connectivity index (χ0n) is 11.9. The van der Waals surface area contributed by atoms with Gasteiger partial charge in [0.25, 0.3) is 0 Å². The third kappa shape index (κ3) is 5.47. The molecule has 1 aromatic rings. The maximum Gasteiger partial charge on any atom is 0.209 e. The highest BCUT2D eigenvalue weighted by Gasteiger charge is 2.21. The zero-order chi connectivity index (χ0) is 15.4. The summed E-state index contributed by atoms with van der Waals surface area (Å²) in [4.78, 5) is 0. The number of sulfonamides is 1. The molecule has 1 rings (SSSR count). The van der Waals surface area contributed by atoms with Crippen molar-refractivity contribution >= 4 is 21.4 Å². The molecule has 1 aromatic carbocycles. The van der Waals surface area contributed by atoms with Crippen molar-refractivity contribution in [1.82, 2.24) is 4.72 Å². The Balaban J connectivity index is 2.75. The van der Waals surface area contributed by atoms with E-state index in [1.165, 1.54) is 0 Å². The Kier molecular flexibility index (Phi) is 4.98. The van der Waals surface area contributed by atoms with Crippen molar-refractivity contribution in [3.05, 3.63) is 23.8 Å². The maximum absolute atomic E-state index is 11.3. The van der Waals surface area contributed by atoms with E-state index in [1.807, 2.05) is 0 Å². The van der Waals surface area contributed by atoms with Gasteiger partial charge in [0, 0.05) is 23.5 Å². The Morgan fingerprint density at radius 3 is 2.60 bits per heavy atom. The Bertz CT molecular complexity index is 618. The van der Waals surface area contributed by atoms with E-state index in [-0.39, 0.29) is 6.42 Å². The number of rotatable bonds is 6. The second-order valence-corrected chi connectivity index (χ2v) is 7.11. The number of hydrogen-bond donors (Lipinski definition) is 3. The van der Waals surface area contributed by atoms with Gasteiger partial charge in [-0.1, -0.05) is 0 Å². The molecule has 0 spiro atoms. The molecule has 0 heterocycles. The molecule has 20 heavy (non-hydrogen) atoms. The van der Waals surface area contributed by atoms with Crippen LogP contribution < -0.4 is 15.8 Å². The van der Waals surface area contributed by atoms with Gasteiger partial charge < -0.3 is 11.1 Å². The van der Waals surface area contributed by atoms with E-state index in [0.717, 1.165) is 17.5 Å². The molecule has 0 aromatic heterocycles. The second-order valence-electron chi connectivity index (χ2n) is 5.36. The molecule has 7 heteroatoms. The van der Waals surface area contributed by atoms with Crippen LogP contribution in [0.25, 0.3) is 0 Å². The van der Waals surface area contributed by atoms with Crippen LogP contribution in [0.2, 0.25) is 0 Å². The Morgan fingerprint density at radius 2 is 2.05 bits per heavy atom. The summed E-state index contributed by atoms with van der Waals surface area (Å²) in [6.45, 7) is 3.99. The minimum atomic E-state index is -3.26. The fraction of sp³-hybridized carbons (Fsp3) is 0.462. The van der Waals surface area contributed by atoms with Crippen molar-refractivity contribution in [2.75, 3.05) is 23.9 Å². The fourth-order valence-corrected chi connectivity index (χ4v) is 2.89. The SMILES string of the molecule is CC(C)(CNc1ccc(N)c(CC#N)c1)NS(C)(=O)=O. The van der Waals surface area contributed by atoms with Crippen molar-refractivity contribution < 1.29 is 8.42 Å². The summed E-state index contributed by atoms with van der Waals surface area (Å²) < 4.78 is 25.1. The average Bonchev–Trinajstić information content (AvgIpc) is 2.27. The number of hydrogen-bond acceptors (Lipinski definition) is 5. The van der Waals surface area contributed by atoms with Gasteiger partial charge in [0.05, 0.1) is 18.7 Å². The number of benzene rings is 1. The number of nitrogen functional groups attached to an aromatic ring is 1. The third-order valence-corrected chi connectivity index (χ3v) is 3.53. The molecule has 6 nitrogen and oxygen atoms in total. The summed E-state index contributed by atoms with van der Waals surface area (Å²) in [6.07, 6.45) is 1.37. The normalized spacial score (nSPS) is 11.9. The largest absolute Gasteiger partial charge is 0.398 e. The lowest BCUT2D eigenvalue weighted by atomic mass is 10.1. The molecule has 0 aliphatic carbocycles. The Morgan fingerprint density at radius 1 is 1.40 bits per heavy atom. The predicted octanol–water partition coefficient (Wildman–Crippen LogP) is 1.07. The van der Waals surface area contributed by atoms with Crippen molar-refractivity contribution in [2.45, 2.75) is 25.8 Å². The van der Waals surface area contributed by atoms with Gasteiger partial charge in [-0.25, -0.2) is 13.1 Å². The van der Waals surface area contributed by atoms with Crippen LogP contribution in [0.1, 0.15) is 19.4 Å². The quantitative estimate of drug-likeness (QED) is 0.681. The first kappa shape index (κ1) is 16.3. The highest BCUT2D eigenvalue weighted by molar-refractivity contribution is 7.88. The van der Waals surface area contributed by atoms with Crippen LogP contribution in [-0.2, 0) is 16.4 Å². The minimum Gasteiger partial charge on any atom is -0.398 e. The van der Waals surface area contributed by atoms with Gasteiger partial charge in [-0.15, -0.1) is 0 Å². The average molecular weight is 296 g/mol. The molecule has 0 radical (unpaired) electrons. The van der Waals surface area contributed by atoms with Crippen molar-refractivity contribution in [2.24, 2.45) is 0 Å². The Labute approximate surface area is 120 Å². The van der Waals surface area contributed by atoms with E-state index in [1.54, 1.807) is 32.0 Å². The summed E-state index contributed by atoms with van der Waals surface area (Å²) in [5.41, 5.74) is 7.28. The standard InChI is InChI=1S/C13H20N4O2S/c1-13(2,17-20(3,18)19)9-16-11-4-5-12(15)10(8-11)6-7-14/h4-5,8,16-17H,6,9,15H2,1-3H3. The van der Waals surface area contributed by atoms with E-state index < -0.39 is 15.6 Å². The maximum atomic E-state index is 11.3.